The number of allylic oxidation sites excluding steroid dienone is 2. The summed E-state index contributed by atoms with van der Waals surface area (Å²) in [5.41, 5.74) is 14.5. The van der Waals surface area contributed by atoms with Crippen molar-refractivity contribution in [2.45, 2.75) is 0 Å². The summed E-state index contributed by atoms with van der Waals surface area (Å²) in [4.78, 5) is 21.8. The zero-order valence-electron chi connectivity index (χ0n) is 27.6. The van der Waals surface area contributed by atoms with Crippen molar-refractivity contribution in [1.82, 2.24) is 15.0 Å². The first-order valence-corrected chi connectivity index (χ1v) is 17.2. The van der Waals surface area contributed by atoms with Crippen LogP contribution in [0.3, 0.4) is 0 Å². The van der Waals surface area contributed by atoms with Crippen LogP contribution in [0, 0.1) is 0 Å². The summed E-state index contributed by atoms with van der Waals surface area (Å²) in [7, 11) is 0. The number of nitrogens with one attached hydrogen (secondary N) is 3. The highest BCUT2D eigenvalue weighted by Gasteiger charge is 2.23. The Morgan fingerprint density at radius 1 is 0.431 bits per heavy atom. The normalized spacial score (nSPS) is 14.6. The molecule has 3 N–H and O–H groups in total. The summed E-state index contributed by atoms with van der Waals surface area (Å²) in [6, 6.07) is 50.9. The van der Waals surface area contributed by atoms with Crippen LogP contribution in [0.4, 0.5) is 0 Å². The van der Waals surface area contributed by atoms with Gasteiger partial charge >= 0.3 is 0 Å². The molecule has 0 spiro atoms. The highest BCUT2D eigenvalue weighted by atomic mass is 14.8. The zero-order chi connectivity index (χ0) is 33.7. The van der Waals surface area contributed by atoms with Gasteiger partial charge in [0.1, 0.15) is 0 Å². The lowest BCUT2D eigenvalue weighted by molar-refractivity contribution is 1.20. The van der Waals surface area contributed by atoms with E-state index in [9.17, 15) is 0 Å². The number of aromatic nitrogens is 3. The number of nitrogens with zero attached hydrogens (tertiary/aromatic N) is 2. The number of benzene rings is 4. The minimum atomic E-state index is 0.902. The van der Waals surface area contributed by atoms with Crippen molar-refractivity contribution in [3.63, 3.8) is 0 Å². The maximum Gasteiger partial charge on any atom is 0.0737 e. The van der Waals surface area contributed by atoms with Gasteiger partial charge < -0.3 is 15.0 Å². The van der Waals surface area contributed by atoms with Gasteiger partial charge in [0.2, 0.25) is 0 Å². The molecule has 0 radical (unpaired) electrons. The van der Waals surface area contributed by atoms with E-state index in [4.69, 9.17) is 9.98 Å². The van der Waals surface area contributed by atoms with Gasteiger partial charge in [0.05, 0.1) is 22.5 Å². The molecule has 3 aliphatic heterocycles. The fraction of sp³-hybridized carbons (Fsp3) is 0. The third kappa shape index (κ3) is 4.86. The van der Waals surface area contributed by atoms with Gasteiger partial charge in [-0.25, -0.2) is 4.99 Å². The molecule has 0 fully saturated rings. The Morgan fingerprint density at radius 2 is 0.961 bits per heavy atom. The number of hydrogen-bond acceptors (Lipinski definition) is 2. The van der Waals surface area contributed by atoms with Crippen molar-refractivity contribution in [1.29, 1.82) is 0 Å². The number of aromatic amines is 3. The van der Waals surface area contributed by atoms with E-state index in [-0.39, 0.29) is 0 Å². The molecule has 0 unspecified atom stereocenters. The van der Waals surface area contributed by atoms with Gasteiger partial charge in [0.25, 0.3) is 0 Å². The standard InChI is InChI=1S/C46H31N5/c1-5-13-29(14-6-1)41-35-21-22-36(48-35)42(30-15-7-2-8-16-30)38-24-26-40(50-38)44(32-19-11-4-12-20-32)46-34-28-47-27-33(34)45(51-46)43(31-17-9-3-10-18-31)39-25-23-37(41)49-39/h1-28,49-51H. The average molecular weight is 654 g/mol. The van der Waals surface area contributed by atoms with Gasteiger partial charge in [-0.1, -0.05) is 121 Å². The molecule has 5 heteroatoms. The second-order valence-electron chi connectivity index (χ2n) is 12.9. The van der Waals surface area contributed by atoms with E-state index in [1.165, 1.54) is 0 Å². The Balaban J connectivity index is 1.41. The first kappa shape index (κ1) is 29.0. The van der Waals surface area contributed by atoms with Crippen LogP contribution in [0.2, 0.25) is 0 Å². The van der Waals surface area contributed by atoms with Crippen LogP contribution in [0.25, 0.3) is 28.5 Å². The molecule has 10 rings (SSSR count). The van der Waals surface area contributed by atoms with Crippen molar-refractivity contribution < 1.29 is 0 Å². The summed E-state index contributed by atoms with van der Waals surface area (Å²) in [6.45, 7) is 0. The summed E-state index contributed by atoms with van der Waals surface area (Å²) >= 11 is 0. The van der Waals surface area contributed by atoms with E-state index in [0.717, 1.165) is 99.9 Å². The summed E-state index contributed by atoms with van der Waals surface area (Å²) in [6.07, 6.45) is 8.24. The van der Waals surface area contributed by atoms with Crippen molar-refractivity contribution in [2.24, 2.45) is 9.98 Å². The molecule has 3 aliphatic rings. The van der Waals surface area contributed by atoms with E-state index in [1.807, 2.05) is 12.4 Å². The van der Waals surface area contributed by atoms with E-state index in [0.29, 0.717) is 0 Å². The third-order valence-corrected chi connectivity index (χ3v) is 9.84. The molecule has 51 heavy (non-hydrogen) atoms. The van der Waals surface area contributed by atoms with Gasteiger partial charge in [0, 0.05) is 67.6 Å². The first-order valence-electron chi connectivity index (χ1n) is 17.2. The summed E-state index contributed by atoms with van der Waals surface area (Å²) < 4.78 is 0. The highest BCUT2D eigenvalue weighted by Crippen LogP contribution is 2.33. The molecular weight excluding hydrogens is 623 g/mol. The largest absolute Gasteiger partial charge is 0.354 e. The first-order chi connectivity index (χ1) is 25.3. The summed E-state index contributed by atoms with van der Waals surface area (Å²) in [5.74, 6) is 0. The third-order valence-electron chi connectivity index (χ3n) is 9.84. The molecule has 0 saturated heterocycles. The Hall–Kier alpha value is -6.98. The molecular formula is C46H31N5. The SMILES string of the molecule is C1=CC2=C(c3ccccc3)c3ccc([nH]3)C(c3ccccc3)=c3[nH]c(c4c3=CN=C4)C(c3ccccc3)=c3ccc([nH]3)=C(c3ccccc3)C1=N2. The van der Waals surface area contributed by atoms with Crippen LogP contribution in [-0.2, 0) is 0 Å². The van der Waals surface area contributed by atoms with E-state index in [2.05, 4.69) is 173 Å². The molecule has 8 bridgehead atoms. The van der Waals surface area contributed by atoms with Crippen molar-refractivity contribution in [3.8, 4) is 0 Å². The van der Waals surface area contributed by atoms with Crippen LogP contribution in [-0.4, -0.2) is 26.9 Å². The van der Waals surface area contributed by atoms with E-state index in [1.54, 1.807) is 0 Å². The molecule has 0 atom stereocenters. The van der Waals surface area contributed by atoms with Gasteiger partial charge in [-0.3, -0.25) is 4.99 Å². The Labute approximate surface area is 294 Å². The molecule has 3 aromatic heterocycles. The van der Waals surface area contributed by atoms with Crippen molar-refractivity contribution >= 4 is 40.4 Å². The minimum Gasteiger partial charge on any atom is -0.354 e. The zero-order valence-corrected chi connectivity index (χ0v) is 27.6. The van der Waals surface area contributed by atoms with Gasteiger partial charge in [0.15, 0.2) is 0 Å². The Morgan fingerprint density at radius 3 is 1.59 bits per heavy atom. The number of aliphatic imine (C=N–C) groups is 2. The Kier molecular flexibility index (Phi) is 6.74. The smallest absolute Gasteiger partial charge is 0.0737 e. The van der Waals surface area contributed by atoms with Crippen molar-refractivity contribution in [3.05, 3.63) is 230 Å². The molecule has 240 valence electrons. The second-order valence-corrected chi connectivity index (χ2v) is 12.9. The van der Waals surface area contributed by atoms with Crippen LogP contribution < -0.4 is 21.3 Å². The van der Waals surface area contributed by atoms with E-state index < -0.39 is 0 Å². The van der Waals surface area contributed by atoms with Crippen molar-refractivity contribution in [2.75, 3.05) is 0 Å². The van der Waals surface area contributed by atoms with Gasteiger partial charge in [-0.15, -0.1) is 0 Å². The molecule has 0 amide bonds. The van der Waals surface area contributed by atoms with Gasteiger partial charge in [-0.05, 0) is 58.7 Å². The average Bonchev–Trinajstić information content (AvgIpc) is 4.03. The molecule has 4 aromatic carbocycles. The lowest BCUT2D eigenvalue weighted by Gasteiger charge is -2.11. The number of hydrogen-bond donors (Lipinski definition) is 3. The maximum atomic E-state index is 5.38. The monoisotopic (exact) mass is 653 g/mol. The van der Waals surface area contributed by atoms with Crippen LogP contribution in [0.15, 0.2) is 173 Å². The number of fused-ring (bicyclic) bond motifs is 10. The molecule has 7 aromatic rings. The Bertz CT molecular complexity index is 2860. The highest BCUT2D eigenvalue weighted by molar-refractivity contribution is 6.30. The minimum absolute atomic E-state index is 0.902. The molecule has 0 saturated carbocycles. The van der Waals surface area contributed by atoms with Crippen LogP contribution >= 0.6 is 0 Å². The summed E-state index contributed by atoms with van der Waals surface area (Å²) in [5, 5.41) is 4.07. The lowest BCUT2D eigenvalue weighted by atomic mass is 9.99. The second kappa shape index (κ2) is 11.9. The van der Waals surface area contributed by atoms with Crippen LogP contribution in [0.5, 0.6) is 0 Å². The number of H-pyrrole nitrogens is 3. The lowest BCUT2D eigenvalue weighted by Crippen LogP contribution is -2.27. The predicted molar refractivity (Wildman–Crippen MR) is 207 cm³/mol. The fourth-order valence-electron chi connectivity index (χ4n) is 7.56. The topological polar surface area (TPSA) is 72.1 Å². The molecule has 6 heterocycles. The van der Waals surface area contributed by atoms with Crippen LogP contribution in [0.1, 0.15) is 44.9 Å². The fourth-order valence-corrected chi connectivity index (χ4v) is 7.56. The molecule has 5 nitrogen and oxygen atoms in total. The van der Waals surface area contributed by atoms with Gasteiger partial charge in [-0.2, -0.15) is 0 Å². The predicted octanol–water partition coefficient (Wildman–Crippen LogP) is 6.32. The molecule has 0 aliphatic carbocycles. The quantitative estimate of drug-likeness (QED) is 0.199. The number of rotatable bonds is 4. The van der Waals surface area contributed by atoms with E-state index >= 15 is 0 Å². The maximum absolute atomic E-state index is 5.38.